The molecule has 7 heteroatoms. The highest BCUT2D eigenvalue weighted by molar-refractivity contribution is 5.99. The summed E-state index contributed by atoms with van der Waals surface area (Å²) in [5.74, 6) is -0.0286. The van der Waals surface area contributed by atoms with Crippen LogP contribution in [0.2, 0.25) is 0 Å². The van der Waals surface area contributed by atoms with Crippen molar-refractivity contribution in [3.8, 4) is 17.0 Å². The number of β-lactam (4-membered cyclic amide) rings is 1. The van der Waals surface area contributed by atoms with Gasteiger partial charge in [0.1, 0.15) is 5.69 Å². The Kier molecular flexibility index (Phi) is 3.71. The van der Waals surface area contributed by atoms with Gasteiger partial charge in [-0.1, -0.05) is 12.1 Å². The van der Waals surface area contributed by atoms with Crippen molar-refractivity contribution in [3.05, 3.63) is 42.1 Å². The number of rotatable bonds is 3. The third kappa shape index (κ3) is 2.86. The molecule has 23 heavy (non-hydrogen) atoms. The minimum atomic E-state index is -4.52. The van der Waals surface area contributed by atoms with Gasteiger partial charge in [0.15, 0.2) is 0 Å². The number of nitrogens with zero attached hydrogens (tertiary/aromatic N) is 2. The zero-order chi connectivity index (χ0) is 16.6. The summed E-state index contributed by atoms with van der Waals surface area (Å²) in [4.78, 5) is 16.6. The predicted octanol–water partition coefficient (Wildman–Crippen LogP) is 3.51. The Hall–Kier alpha value is -2.57. The molecule has 120 valence electrons. The molecule has 1 aromatic heterocycles. The van der Waals surface area contributed by atoms with Crippen LogP contribution in [0, 0.1) is 0 Å². The molecule has 3 rings (SSSR count). The van der Waals surface area contributed by atoms with Crippen molar-refractivity contribution in [2.75, 3.05) is 18.6 Å². The average molecular weight is 322 g/mol. The Balaban J connectivity index is 1.93. The lowest BCUT2D eigenvalue weighted by atomic mass is 10.0. The van der Waals surface area contributed by atoms with Crippen LogP contribution in [-0.2, 0) is 11.0 Å². The third-order valence-electron chi connectivity index (χ3n) is 3.68. The first-order valence-corrected chi connectivity index (χ1v) is 6.93. The minimum Gasteiger partial charge on any atom is -0.481 e. The molecule has 2 aromatic rings. The van der Waals surface area contributed by atoms with Crippen LogP contribution in [0.1, 0.15) is 12.1 Å². The molecular weight excluding hydrogens is 309 g/mol. The number of benzene rings is 1. The van der Waals surface area contributed by atoms with Gasteiger partial charge in [-0.25, -0.2) is 4.98 Å². The highest BCUT2D eigenvalue weighted by atomic mass is 19.4. The van der Waals surface area contributed by atoms with Gasteiger partial charge < -0.3 is 9.64 Å². The molecule has 1 aromatic carbocycles. The molecule has 1 aliphatic rings. The zero-order valence-electron chi connectivity index (χ0n) is 12.2. The van der Waals surface area contributed by atoms with Crippen molar-refractivity contribution >= 4 is 11.6 Å². The first-order valence-electron chi connectivity index (χ1n) is 6.93. The number of carbonyl (C=O) groups is 1. The van der Waals surface area contributed by atoms with Gasteiger partial charge in [-0.3, -0.25) is 4.79 Å². The maximum Gasteiger partial charge on any atom is 0.433 e. The molecule has 0 spiro atoms. The third-order valence-corrected chi connectivity index (χ3v) is 3.68. The number of amides is 1. The molecule has 1 fully saturated rings. The van der Waals surface area contributed by atoms with Gasteiger partial charge in [0, 0.05) is 24.2 Å². The quantitative estimate of drug-likeness (QED) is 0.812. The summed E-state index contributed by atoms with van der Waals surface area (Å²) in [6.45, 7) is 0.684. The molecule has 0 radical (unpaired) electrons. The second-order valence-electron chi connectivity index (χ2n) is 5.09. The molecule has 0 saturated carbocycles. The number of aromatic nitrogens is 1. The van der Waals surface area contributed by atoms with E-state index < -0.39 is 11.9 Å². The molecule has 1 saturated heterocycles. The number of hydrogen-bond acceptors (Lipinski definition) is 3. The average Bonchev–Trinajstić information content (AvgIpc) is 2.52. The van der Waals surface area contributed by atoms with Crippen molar-refractivity contribution in [2.45, 2.75) is 12.6 Å². The van der Waals surface area contributed by atoms with Crippen molar-refractivity contribution in [2.24, 2.45) is 0 Å². The fourth-order valence-electron chi connectivity index (χ4n) is 2.38. The van der Waals surface area contributed by atoms with E-state index >= 15 is 0 Å². The summed E-state index contributed by atoms with van der Waals surface area (Å²) in [6, 6.07) is 9.22. The van der Waals surface area contributed by atoms with E-state index in [1.54, 1.807) is 29.2 Å². The number of pyridine rings is 1. The standard InChI is InChI=1S/C16H13F3N2O2/c1-23-15-12(6-7-13(20-15)16(17,18)19)10-2-4-11(5-3-10)21-9-8-14(21)22/h2-7H,8-9H2,1H3. The van der Waals surface area contributed by atoms with Gasteiger partial charge in [-0.2, -0.15) is 13.2 Å². The summed E-state index contributed by atoms with van der Waals surface area (Å²) >= 11 is 0. The number of ether oxygens (including phenoxy) is 1. The molecule has 4 nitrogen and oxygen atoms in total. The second-order valence-corrected chi connectivity index (χ2v) is 5.09. The summed E-state index contributed by atoms with van der Waals surface area (Å²) in [7, 11) is 1.28. The van der Waals surface area contributed by atoms with Crippen molar-refractivity contribution < 1.29 is 22.7 Å². The Labute approximate surface area is 130 Å². The lowest BCUT2D eigenvalue weighted by Crippen LogP contribution is -2.43. The highest BCUT2D eigenvalue weighted by Gasteiger charge is 2.33. The van der Waals surface area contributed by atoms with Gasteiger partial charge in [-0.05, 0) is 29.8 Å². The van der Waals surface area contributed by atoms with Crippen LogP contribution in [0.4, 0.5) is 18.9 Å². The van der Waals surface area contributed by atoms with Crippen LogP contribution in [0.15, 0.2) is 36.4 Å². The van der Waals surface area contributed by atoms with Crippen LogP contribution < -0.4 is 9.64 Å². The molecule has 0 bridgehead atoms. The lowest BCUT2D eigenvalue weighted by Gasteiger charge is -2.30. The Bertz CT molecular complexity index is 742. The number of alkyl halides is 3. The number of methoxy groups -OCH3 is 1. The van der Waals surface area contributed by atoms with Gasteiger partial charge in [-0.15, -0.1) is 0 Å². The molecule has 1 amide bonds. The topological polar surface area (TPSA) is 42.4 Å². The number of anilines is 1. The minimum absolute atomic E-state index is 0.0616. The van der Waals surface area contributed by atoms with E-state index in [4.69, 9.17) is 4.74 Å². The van der Waals surface area contributed by atoms with E-state index in [9.17, 15) is 18.0 Å². The SMILES string of the molecule is COc1nc(C(F)(F)F)ccc1-c1ccc(N2CCC2=O)cc1. The normalized spacial score (nSPS) is 14.6. The predicted molar refractivity (Wildman–Crippen MR) is 78.2 cm³/mol. The molecule has 1 aliphatic heterocycles. The second kappa shape index (κ2) is 5.57. The van der Waals surface area contributed by atoms with Crippen LogP contribution in [0.5, 0.6) is 5.88 Å². The molecule has 0 atom stereocenters. The van der Waals surface area contributed by atoms with Gasteiger partial charge in [0.2, 0.25) is 11.8 Å². The van der Waals surface area contributed by atoms with Crippen LogP contribution in [0.25, 0.3) is 11.1 Å². The Morgan fingerprint density at radius 1 is 1.13 bits per heavy atom. The summed E-state index contributed by atoms with van der Waals surface area (Å²) in [5, 5.41) is 0. The van der Waals surface area contributed by atoms with Crippen LogP contribution >= 0.6 is 0 Å². The van der Waals surface area contributed by atoms with Gasteiger partial charge >= 0.3 is 6.18 Å². The van der Waals surface area contributed by atoms with Gasteiger partial charge in [0.25, 0.3) is 0 Å². The monoisotopic (exact) mass is 322 g/mol. The van der Waals surface area contributed by atoms with Crippen LogP contribution in [-0.4, -0.2) is 24.5 Å². The number of carbonyl (C=O) groups excluding carboxylic acids is 1. The first kappa shape index (κ1) is 15.3. The van der Waals surface area contributed by atoms with Crippen LogP contribution in [0.3, 0.4) is 0 Å². The van der Waals surface area contributed by atoms with Crippen molar-refractivity contribution in [1.29, 1.82) is 0 Å². The Morgan fingerprint density at radius 2 is 1.83 bits per heavy atom. The molecule has 2 heterocycles. The summed E-state index contributed by atoms with van der Waals surface area (Å²) in [6.07, 6.45) is -3.98. The molecule has 0 N–H and O–H groups in total. The number of halogens is 3. The number of hydrogen-bond donors (Lipinski definition) is 0. The maximum absolute atomic E-state index is 12.7. The van der Waals surface area contributed by atoms with E-state index in [1.165, 1.54) is 13.2 Å². The highest BCUT2D eigenvalue weighted by Crippen LogP contribution is 2.35. The Morgan fingerprint density at radius 3 is 2.30 bits per heavy atom. The fraction of sp³-hybridized carbons (Fsp3) is 0.250. The smallest absolute Gasteiger partial charge is 0.433 e. The van der Waals surface area contributed by atoms with Crippen molar-refractivity contribution in [3.63, 3.8) is 0 Å². The van der Waals surface area contributed by atoms with E-state index in [-0.39, 0.29) is 11.8 Å². The lowest BCUT2D eigenvalue weighted by molar-refractivity contribution is -0.141. The van der Waals surface area contributed by atoms with E-state index in [2.05, 4.69) is 4.98 Å². The zero-order valence-corrected chi connectivity index (χ0v) is 12.2. The molecule has 0 aliphatic carbocycles. The van der Waals surface area contributed by atoms with E-state index in [1.807, 2.05) is 0 Å². The fourth-order valence-corrected chi connectivity index (χ4v) is 2.38. The first-order chi connectivity index (χ1) is 10.9. The van der Waals surface area contributed by atoms with E-state index in [0.717, 1.165) is 11.8 Å². The molecular formula is C16H13F3N2O2. The largest absolute Gasteiger partial charge is 0.481 e. The molecule has 0 unspecified atom stereocenters. The van der Waals surface area contributed by atoms with Crippen molar-refractivity contribution in [1.82, 2.24) is 4.98 Å². The van der Waals surface area contributed by atoms with E-state index in [0.29, 0.717) is 24.1 Å². The maximum atomic E-state index is 12.7. The van der Waals surface area contributed by atoms with Gasteiger partial charge in [0.05, 0.1) is 7.11 Å². The summed E-state index contributed by atoms with van der Waals surface area (Å²) < 4.78 is 43.1. The summed E-state index contributed by atoms with van der Waals surface area (Å²) in [5.41, 5.74) is 0.895.